The van der Waals surface area contributed by atoms with Gasteiger partial charge in [0.15, 0.2) is 0 Å². The first-order valence-electron chi connectivity index (χ1n) is 5.63. The second-order valence-electron chi connectivity index (χ2n) is 4.32. The number of piperazine rings is 1. The van der Waals surface area contributed by atoms with E-state index < -0.39 is 11.9 Å². The molecule has 3 nitrogen and oxygen atoms in total. The van der Waals surface area contributed by atoms with Gasteiger partial charge in [-0.3, -0.25) is 4.90 Å². The van der Waals surface area contributed by atoms with E-state index in [1.54, 1.807) is 6.07 Å². The van der Waals surface area contributed by atoms with Crippen molar-refractivity contribution in [2.24, 2.45) is 7.05 Å². The number of alkyl halides is 3. The predicted molar refractivity (Wildman–Crippen MR) is 58.6 cm³/mol. The van der Waals surface area contributed by atoms with Gasteiger partial charge < -0.3 is 9.88 Å². The van der Waals surface area contributed by atoms with Crippen LogP contribution in [0.4, 0.5) is 13.2 Å². The molecular weight excluding hydrogens is 231 g/mol. The molecule has 1 aromatic heterocycles. The highest BCUT2D eigenvalue weighted by molar-refractivity contribution is 5.25. The minimum absolute atomic E-state index is 0.363. The highest BCUT2D eigenvalue weighted by Crippen LogP contribution is 2.32. The van der Waals surface area contributed by atoms with Crippen molar-refractivity contribution in [3.05, 3.63) is 23.5 Å². The molecule has 0 bridgehead atoms. The predicted octanol–water partition coefficient (Wildman–Crippen LogP) is 1.45. The van der Waals surface area contributed by atoms with Gasteiger partial charge in [0, 0.05) is 46.0 Å². The molecular formula is C11H16F3N3. The molecule has 1 N–H and O–H groups in total. The van der Waals surface area contributed by atoms with Crippen molar-refractivity contribution in [3.8, 4) is 0 Å². The molecule has 2 rings (SSSR count). The highest BCUT2D eigenvalue weighted by atomic mass is 19.4. The summed E-state index contributed by atoms with van der Waals surface area (Å²) in [6, 6.07) is 1.56. The fourth-order valence-corrected chi connectivity index (χ4v) is 2.20. The summed E-state index contributed by atoms with van der Waals surface area (Å²) in [7, 11) is 1.43. The molecule has 1 saturated heterocycles. The molecule has 1 aliphatic rings. The molecule has 6 heteroatoms. The number of rotatable bonds is 2. The van der Waals surface area contributed by atoms with E-state index in [4.69, 9.17) is 0 Å². The van der Waals surface area contributed by atoms with Crippen LogP contribution in [0.1, 0.15) is 11.3 Å². The summed E-state index contributed by atoms with van der Waals surface area (Å²) >= 11 is 0. The molecule has 0 atom stereocenters. The molecule has 0 radical (unpaired) electrons. The van der Waals surface area contributed by atoms with Crippen LogP contribution in [0.5, 0.6) is 0 Å². The SMILES string of the molecule is Cn1ccc(CN2CCNCC2)c1C(F)(F)F. The standard InChI is InChI=1S/C11H16F3N3/c1-16-5-2-9(10(16)11(12,13)14)8-17-6-3-15-4-7-17/h2,5,15H,3-4,6-8H2,1H3. The van der Waals surface area contributed by atoms with E-state index in [2.05, 4.69) is 5.32 Å². The van der Waals surface area contributed by atoms with E-state index in [0.717, 1.165) is 30.7 Å². The van der Waals surface area contributed by atoms with Gasteiger partial charge in [0.2, 0.25) is 0 Å². The summed E-state index contributed by atoms with van der Waals surface area (Å²) in [5.74, 6) is 0. The van der Waals surface area contributed by atoms with Gasteiger partial charge in [0.05, 0.1) is 0 Å². The zero-order valence-electron chi connectivity index (χ0n) is 9.72. The zero-order valence-corrected chi connectivity index (χ0v) is 9.72. The Morgan fingerprint density at radius 3 is 2.53 bits per heavy atom. The van der Waals surface area contributed by atoms with Gasteiger partial charge in [0.1, 0.15) is 5.69 Å². The minimum Gasteiger partial charge on any atom is -0.347 e. The normalized spacial score (nSPS) is 18.6. The van der Waals surface area contributed by atoms with Crippen molar-refractivity contribution in [2.75, 3.05) is 26.2 Å². The fourth-order valence-electron chi connectivity index (χ4n) is 2.20. The lowest BCUT2D eigenvalue weighted by atomic mass is 10.2. The molecule has 1 fully saturated rings. The molecule has 17 heavy (non-hydrogen) atoms. The monoisotopic (exact) mass is 247 g/mol. The van der Waals surface area contributed by atoms with E-state index in [-0.39, 0.29) is 0 Å². The van der Waals surface area contributed by atoms with Gasteiger partial charge in [-0.05, 0) is 11.6 Å². The first-order chi connectivity index (χ1) is 7.98. The highest BCUT2D eigenvalue weighted by Gasteiger charge is 2.36. The van der Waals surface area contributed by atoms with Gasteiger partial charge in [-0.15, -0.1) is 0 Å². The number of hydrogen-bond donors (Lipinski definition) is 1. The van der Waals surface area contributed by atoms with Crippen LogP contribution in [0.3, 0.4) is 0 Å². The lowest BCUT2D eigenvalue weighted by molar-refractivity contribution is -0.143. The van der Waals surface area contributed by atoms with Crippen LogP contribution in [-0.2, 0) is 19.8 Å². The van der Waals surface area contributed by atoms with Crippen LogP contribution in [0.25, 0.3) is 0 Å². The summed E-state index contributed by atoms with van der Waals surface area (Å²) in [6.07, 6.45) is -2.80. The van der Waals surface area contributed by atoms with E-state index in [1.165, 1.54) is 13.2 Å². The van der Waals surface area contributed by atoms with Crippen molar-refractivity contribution in [3.63, 3.8) is 0 Å². The van der Waals surface area contributed by atoms with E-state index in [9.17, 15) is 13.2 Å². The molecule has 0 amide bonds. The lowest BCUT2D eigenvalue weighted by Gasteiger charge is -2.27. The summed E-state index contributed by atoms with van der Waals surface area (Å²) in [5, 5.41) is 3.18. The number of nitrogens with zero attached hydrogens (tertiary/aromatic N) is 2. The lowest BCUT2D eigenvalue weighted by Crippen LogP contribution is -2.43. The number of hydrogen-bond acceptors (Lipinski definition) is 2. The van der Waals surface area contributed by atoms with E-state index in [0.29, 0.717) is 12.1 Å². The Kier molecular flexibility index (Phi) is 3.44. The van der Waals surface area contributed by atoms with Crippen molar-refractivity contribution in [2.45, 2.75) is 12.7 Å². The second-order valence-corrected chi connectivity index (χ2v) is 4.32. The van der Waals surface area contributed by atoms with E-state index in [1.807, 2.05) is 4.90 Å². The van der Waals surface area contributed by atoms with Crippen LogP contribution in [-0.4, -0.2) is 35.6 Å². The number of halogens is 3. The van der Waals surface area contributed by atoms with Crippen LogP contribution in [0.2, 0.25) is 0 Å². The quantitative estimate of drug-likeness (QED) is 0.853. The third-order valence-corrected chi connectivity index (χ3v) is 3.03. The maximum Gasteiger partial charge on any atom is 0.431 e. The summed E-state index contributed by atoms with van der Waals surface area (Å²) in [6.45, 7) is 3.65. The molecule has 0 aromatic carbocycles. The van der Waals surface area contributed by atoms with Crippen LogP contribution < -0.4 is 5.32 Å². The average Bonchev–Trinajstić information content (AvgIpc) is 2.60. The molecule has 1 aromatic rings. The Hall–Kier alpha value is -1.01. The third-order valence-electron chi connectivity index (χ3n) is 3.03. The van der Waals surface area contributed by atoms with Crippen molar-refractivity contribution < 1.29 is 13.2 Å². The van der Waals surface area contributed by atoms with Gasteiger partial charge in [-0.2, -0.15) is 13.2 Å². The van der Waals surface area contributed by atoms with Gasteiger partial charge in [0.25, 0.3) is 0 Å². The Morgan fingerprint density at radius 2 is 1.94 bits per heavy atom. The summed E-state index contributed by atoms with van der Waals surface area (Å²) in [5.41, 5.74) is -0.169. The average molecular weight is 247 g/mol. The Bertz CT molecular complexity index is 378. The molecule has 0 unspecified atom stereocenters. The topological polar surface area (TPSA) is 20.2 Å². The molecule has 0 spiro atoms. The first-order valence-corrected chi connectivity index (χ1v) is 5.63. The number of aromatic nitrogens is 1. The molecule has 1 aliphatic heterocycles. The van der Waals surface area contributed by atoms with Crippen LogP contribution in [0.15, 0.2) is 12.3 Å². The summed E-state index contributed by atoms with van der Waals surface area (Å²) < 4.78 is 39.7. The molecule has 0 saturated carbocycles. The van der Waals surface area contributed by atoms with Crippen LogP contribution >= 0.6 is 0 Å². The Balaban J connectivity index is 2.15. The van der Waals surface area contributed by atoms with Gasteiger partial charge in [-0.25, -0.2) is 0 Å². The maximum atomic E-state index is 12.8. The summed E-state index contributed by atoms with van der Waals surface area (Å²) in [4.78, 5) is 2.04. The van der Waals surface area contributed by atoms with E-state index >= 15 is 0 Å². The smallest absolute Gasteiger partial charge is 0.347 e. The fraction of sp³-hybridized carbons (Fsp3) is 0.636. The Labute approximate surface area is 98.2 Å². The third kappa shape index (κ3) is 2.81. The molecule has 96 valence electrons. The van der Waals surface area contributed by atoms with Crippen molar-refractivity contribution in [1.82, 2.24) is 14.8 Å². The molecule has 0 aliphatic carbocycles. The molecule has 2 heterocycles. The van der Waals surface area contributed by atoms with Crippen molar-refractivity contribution >= 4 is 0 Å². The minimum atomic E-state index is -4.28. The zero-order chi connectivity index (χ0) is 12.5. The van der Waals surface area contributed by atoms with Gasteiger partial charge >= 0.3 is 6.18 Å². The number of aryl methyl sites for hydroxylation is 1. The van der Waals surface area contributed by atoms with Crippen molar-refractivity contribution in [1.29, 1.82) is 0 Å². The largest absolute Gasteiger partial charge is 0.431 e. The Morgan fingerprint density at radius 1 is 1.29 bits per heavy atom. The number of nitrogens with one attached hydrogen (secondary N) is 1. The second kappa shape index (κ2) is 4.70. The maximum absolute atomic E-state index is 12.8. The van der Waals surface area contributed by atoms with Gasteiger partial charge in [-0.1, -0.05) is 0 Å². The van der Waals surface area contributed by atoms with Crippen LogP contribution in [0, 0.1) is 0 Å². The first kappa shape index (κ1) is 12.4.